The second-order valence-corrected chi connectivity index (χ2v) is 2.10. The van der Waals surface area contributed by atoms with Crippen molar-refractivity contribution in [3.63, 3.8) is 0 Å². The van der Waals surface area contributed by atoms with Crippen LogP contribution in [0.3, 0.4) is 0 Å². The molecule has 0 radical (unpaired) electrons. The summed E-state index contributed by atoms with van der Waals surface area (Å²) < 4.78 is 0.898. The first-order chi connectivity index (χ1) is 3.72. The van der Waals surface area contributed by atoms with Crippen LogP contribution >= 0.6 is 8.53 Å². The summed E-state index contributed by atoms with van der Waals surface area (Å²) >= 11 is 0. The molecule has 0 unspecified atom stereocenters. The number of hydrogen-bond donors (Lipinski definition) is 2. The molecule has 0 saturated carbocycles. The van der Waals surface area contributed by atoms with Crippen molar-refractivity contribution in [1.29, 1.82) is 5.26 Å². The van der Waals surface area contributed by atoms with Gasteiger partial charge in [0, 0.05) is 6.54 Å². The van der Waals surface area contributed by atoms with E-state index in [1.807, 2.05) is 0 Å². The molecule has 0 saturated heterocycles. The van der Waals surface area contributed by atoms with Gasteiger partial charge < -0.3 is 9.79 Å². The van der Waals surface area contributed by atoms with E-state index in [1.54, 1.807) is 13.1 Å². The van der Waals surface area contributed by atoms with E-state index in [-0.39, 0.29) is 0 Å². The zero-order valence-corrected chi connectivity index (χ0v) is 5.34. The van der Waals surface area contributed by atoms with Gasteiger partial charge in [0.15, 0.2) is 6.19 Å². The molecular weight excluding hydrogens is 127 g/mol. The quantitative estimate of drug-likeness (QED) is 0.317. The lowest BCUT2D eigenvalue weighted by molar-refractivity contribution is 0.409. The lowest BCUT2D eigenvalue weighted by Crippen LogP contribution is -2.08. The summed E-state index contributed by atoms with van der Waals surface area (Å²) in [7, 11) is -2.19. The summed E-state index contributed by atoms with van der Waals surface area (Å²) in [6, 6.07) is 0. The van der Waals surface area contributed by atoms with Crippen molar-refractivity contribution in [2.45, 2.75) is 6.92 Å². The minimum atomic E-state index is -2.19. The van der Waals surface area contributed by atoms with Crippen LogP contribution in [-0.2, 0) is 0 Å². The molecule has 8 heavy (non-hydrogen) atoms. The zero-order valence-electron chi connectivity index (χ0n) is 4.44. The smallest absolute Gasteiger partial charge is 0.293 e. The van der Waals surface area contributed by atoms with Gasteiger partial charge in [0.1, 0.15) is 0 Å². The van der Waals surface area contributed by atoms with Gasteiger partial charge in [-0.25, -0.2) is 4.67 Å². The van der Waals surface area contributed by atoms with Crippen LogP contribution in [0.1, 0.15) is 6.92 Å². The highest BCUT2D eigenvalue weighted by Gasteiger charge is 2.06. The summed E-state index contributed by atoms with van der Waals surface area (Å²) in [6.45, 7) is 2.01. The first-order valence-electron chi connectivity index (χ1n) is 2.07. The van der Waals surface area contributed by atoms with Crippen LogP contribution in [-0.4, -0.2) is 21.0 Å². The van der Waals surface area contributed by atoms with E-state index in [4.69, 9.17) is 15.0 Å². The maximum atomic E-state index is 8.34. The number of rotatable bonds is 2. The molecule has 5 heteroatoms. The van der Waals surface area contributed by atoms with Crippen molar-refractivity contribution in [2.24, 2.45) is 0 Å². The van der Waals surface area contributed by atoms with Gasteiger partial charge in [0.2, 0.25) is 0 Å². The molecule has 2 N–H and O–H groups in total. The molecule has 0 aliphatic rings. The van der Waals surface area contributed by atoms with Crippen molar-refractivity contribution >= 4 is 8.53 Å². The Morgan fingerprint density at radius 2 is 2.25 bits per heavy atom. The molecule has 0 aromatic carbocycles. The maximum absolute atomic E-state index is 8.34. The molecule has 0 aromatic rings. The number of nitrogens with zero attached hydrogens (tertiary/aromatic N) is 2. The highest BCUT2D eigenvalue weighted by Crippen LogP contribution is 2.27. The van der Waals surface area contributed by atoms with Crippen LogP contribution in [0.5, 0.6) is 0 Å². The van der Waals surface area contributed by atoms with Gasteiger partial charge >= 0.3 is 0 Å². The van der Waals surface area contributed by atoms with Crippen LogP contribution in [0.2, 0.25) is 0 Å². The van der Waals surface area contributed by atoms with Crippen molar-refractivity contribution in [3.8, 4) is 6.19 Å². The van der Waals surface area contributed by atoms with Gasteiger partial charge in [0.05, 0.1) is 0 Å². The van der Waals surface area contributed by atoms with E-state index in [2.05, 4.69) is 0 Å². The summed E-state index contributed by atoms with van der Waals surface area (Å²) in [4.78, 5) is 16.7. The number of hydrogen-bond acceptors (Lipinski definition) is 4. The Labute approximate surface area is 48.9 Å². The van der Waals surface area contributed by atoms with E-state index in [9.17, 15) is 0 Å². The van der Waals surface area contributed by atoms with Gasteiger partial charge in [-0.1, -0.05) is 0 Å². The molecule has 0 bridgehead atoms. The van der Waals surface area contributed by atoms with Crippen LogP contribution in [0, 0.1) is 11.5 Å². The van der Waals surface area contributed by atoms with Crippen molar-refractivity contribution < 1.29 is 9.79 Å². The Morgan fingerprint density at radius 3 is 2.25 bits per heavy atom. The fourth-order valence-corrected chi connectivity index (χ4v) is 0.570. The highest BCUT2D eigenvalue weighted by molar-refractivity contribution is 7.42. The average Bonchev–Trinajstić information content (AvgIpc) is 1.69. The summed E-state index contributed by atoms with van der Waals surface area (Å²) in [5.41, 5.74) is 0. The maximum Gasteiger partial charge on any atom is 0.293 e. The SMILES string of the molecule is CCN(C#N)P(O)O. The largest absolute Gasteiger partial charge is 0.333 e. The third-order valence-electron chi connectivity index (χ3n) is 0.631. The van der Waals surface area contributed by atoms with Gasteiger partial charge in [-0.15, -0.1) is 0 Å². The fraction of sp³-hybridized carbons (Fsp3) is 0.667. The molecule has 46 valence electrons. The zero-order chi connectivity index (χ0) is 6.57. The van der Waals surface area contributed by atoms with E-state index in [1.165, 1.54) is 0 Å². The molecule has 0 atom stereocenters. The fourth-order valence-electron chi connectivity index (χ4n) is 0.237. The number of nitriles is 1. The van der Waals surface area contributed by atoms with E-state index in [0.717, 1.165) is 4.67 Å². The molecule has 0 fully saturated rings. The summed E-state index contributed by atoms with van der Waals surface area (Å²) in [5.74, 6) is 0. The molecule has 0 aliphatic heterocycles. The second-order valence-electron chi connectivity index (χ2n) is 1.08. The minimum Gasteiger partial charge on any atom is -0.333 e. The van der Waals surface area contributed by atoms with Gasteiger partial charge in [0.25, 0.3) is 8.53 Å². The Morgan fingerprint density at radius 1 is 1.75 bits per heavy atom. The van der Waals surface area contributed by atoms with Crippen molar-refractivity contribution in [1.82, 2.24) is 4.67 Å². The van der Waals surface area contributed by atoms with Gasteiger partial charge in [-0.05, 0) is 6.92 Å². The van der Waals surface area contributed by atoms with E-state index in [0.29, 0.717) is 6.54 Å². The monoisotopic (exact) mass is 134 g/mol. The van der Waals surface area contributed by atoms with Crippen molar-refractivity contribution in [3.05, 3.63) is 0 Å². The second kappa shape index (κ2) is 3.62. The predicted octanol–water partition coefficient (Wildman–Crippen LogP) is 0.000880. The molecule has 0 amide bonds. The predicted molar refractivity (Wildman–Crippen MR) is 29.4 cm³/mol. The third kappa shape index (κ3) is 2.08. The minimum absolute atomic E-state index is 0.342. The Kier molecular flexibility index (Phi) is 3.46. The first-order valence-corrected chi connectivity index (χ1v) is 3.27. The molecule has 0 aliphatic carbocycles. The Hall–Kier alpha value is -0.360. The third-order valence-corrected chi connectivity index (χ3v) is 1.44. The molecular formula is C3H7N2O2P. The van der Waals surface area contributed by atoms with Crippen molar-refractivity contribution in [2.75, 3.05) is 6.54 Å². The average molecular weight is 134 g/mol. The Balaban J connectivity index is 3.57. The highest BCUT2D eigenvalue weighted by atomic mass is 31.2. The molecule has 0 spiro atoms. The van der Waals surface area contributed by atoms with E-state index < -0.39 is 8.53 Å². The Bertz CT molecular complexity index is 99.9. The summed E-state index contributed by atoms with van der Waals surface area (Å²) in [6.07, 6.45) is 1.61. The van der Waals surface area contributed by atoms with Crippen LogP contribution in [0.15, 0.2) is 0 Å². The lowest BCUT2D eigenvalue weighted by atomic mass is 10.8. The molecule has 0 rings (SSSR count). The standard InChI is InChI=1S/C3H7N2O2P/c1-2-5(3-4)8(6)7/h6-7H,2H2,1H3. The first kappa shape index (κ1) is 7.64. The normalized spacial score (nSPS) is 8.88. The molecule has 0 aromatic heterocycles. The van der Waals surface area contributed by atoms with Crippen LogP contribution in [0.25, 0.3) is 0 Å². The molecule has 0 heterocycles. The van der Waals surface area contributed by atoms with Crippen LogP contribution < -0.4 is 0 Å². The summed E-state index contributed by atoms with van der Waals surface area (Å²) in [5, 5.41) is 8.07. The molecule has 4 nitrogen and oxygen atoms in total. The van der Waals surface area contributed by atoms with E-state index >= 15 is 0 Å². The topological polar surface area (TPSA) is 67.5 Å². The van der Waals surface area contributed by atoms with Crippen LogP contribution in [0.4, 0.5) is 0 Å². The van der Waals surface area contributed by atoms with Gasteiger partial charge in [-0.2, -0.15) is 5.26 Å². The van der Waals surface area contributed by atoms with Gasteiger partial charge in [-0.3, -0.25) is 0 Å². The lowest BCUT2D eigenvalue weighted by Gasteiger charge is -2.10.